The molecule has 0 saturated heterocycles. The van der Waals surface area contributed by atoms with Gasteiger partial charge in [-0.1, -0.05) is 58.4 Å². The van der Waals surface area contributed by atoms with Crippen LogP contribution >= 0.6 is 15.9 Å². The molecule has 0 aliphatic carbocycles. The zero-order valence-electron chi connectivity index (χ0n) is 24.3. The molecule has 0 aliphatic rings. The summed E-state index contributed by atoms with van der Waals surface area (Å²) in [5, 5.41) is 2.64. The van der Waals surface area contributed by atoms with Crippen molar-refractivity contribution >= 4 is 43.5 Å². The Labute approximate surface area is 265 Å². The molecule has 0 radical (unpaired) electrons. The summed E-state index contributed by atoms with van der Waals surface area (Å²) in [4.78, 5) is 28.9. The number of anilines is 1. The Morgan fingerprint density at radius 3 is 2.11 bits per heavy atom. The maximum absolute atomic E-state index is 14.3. The lowest BCUT2D eigenvalue weighted by Crippen LogP contribution is -2.53. The highest BCUT2D eigenvalue weighted by Gasteiger charge is 2.34. The van der Waals surface area contributed by atoms with E-state index in [1.54, 1.807) is 36.4 Å². The molecule has 11 heteroatoms. The van der Waals surface area contributed by atoms with E-state index in [1.165, 1.54) is 48.3 Å². The van der Waals surface area contributed by atoms with Crippen molar-refractivity contribution in [1.29, 1.82) is 0 Å². The van der Waals surface area contributed by atoms with Gasteiger partial charge in [-0.3, -0.25) is 13.9 Å². The Morgan fingerprint density at radius 1 is 0.886 bits per heavy atom. The standard InChI is InChI=1S/C33H33BrFN3O5S/c1-3-43-29-17-15-28(16-18-29)38(44(41,42)30-19-11-26(34)12-20-30)23-32(39)37(22-25-9-13-27(35)14-10-25)31(33(40)36-2)21-24-7-5-4-6-8-24/h4-20,31H,3,21-23H2,1-2H3,(H,36,40)/t31-/m0/s1. The summed E-state index contributed by atoms with van der Waals surface area (Å²) in [6.45, 7) is 1.61. The van der Waals surface area contributed by atoms with Gasteiger partial charge >= 0.3 is 0 Å². The molecule has 4 rings (SSSR count). The zero-order valence-corrected chi connectivity index (χ0v) is 26.7. The lowest BCUT2D eigenvalue weighted by atomic mass is 10.0. The van der Waals surface area contributed by atoms with Crippen LogP contribution in [0, 0.1) is 5.82 Å². The molecule has 1 atom stereocenters. The number of likely N-dealkylation sites (N-methyl/N-ethyl adjacent to an activating group) is 1. The van der Waals surface area contributed by atoms with Gasteiger partial charge in [0, 0.05) is 24.5 Å². The minimum absolute atomic E-state index is 0.0143. The fraction of sp³-hybridized carbons (Fsp3) is 0.212. The number of sulfonamides is 1. The third-order valence-electron chi connectivity index (χ3n) is 6.90. The van der Waals surface area contributed by atoms with E-state index in [0.29, 0.717) is 22.4 Å². The maximum Gasteiger partial charge on any atom is 0.264 e. The van der Waals surface area contributed by atoms with Crippen molar-refractivity contribution in [2.24, 2.45) is 0 Å². The van der Waals surface area contributed by atoms with Crippen LogP contribution in [-0.2, 0) is 32.6 Å². The van der Waals surface area contributed by atoms with E-state index in [2.05, 4.69) is 21.2 Å². The molecule has 0 saturated carbocycles. The number of ether oxygens (including phenoxy) is 1. The van der Waals surface area contributed by atoms with Gasteiger partial charge in [0.05, 0.1) is 17.2 Å². The molecule has 0 spiro atoms. The van der Waals surface area contributed by atoms with Crippen LogP contribution in [0.15, 0.2) is 112 Å². The fourth-order valence-corrected chi connectivity index (χ4v) is 6.32. The molecule has 2 amide bonds. The van der Waals surface area contributed by atoms with Crippen molar-refractivity contribution in [1.82, 2.24) is 10.2 Å². The van der Waals surface area contributed by atoms with Gasteiger partial charge in [0.25, 0.3) is 10.0 Å². The number of carbonyl (C=O) groups excluding carboxylic acids is 2. The van der Waals surface area contributed by atoms with E-state index in [1.807, 2.05) is 37.3 Å². The summed E-state index contributed by atoms with van der Waals surface area (Å²) in [5.41, 5.74) is 1.62. The van der Waals surface area contributed by atoms with Crippen molar-refractivity contribution in [3.05, 3.63) is 125 Å². The third-order valence-corrected chi connectivity index (χ3v) is 9.22. The van der Waals surface area contributed by atoms with Gasteiger partial charge in [-0.15, -0.1) is 0 Å². The van der Waals surface area contributed by atoms with Crippen LogP contribution in [-0.4, -0.2) is 51.4 Å². The van der Waals surface area contributed by atoms with Gasteiger partial charge in [-0.2, -0.15) is 0 Å². The lowest BCUT2D eigenvalue weighted by Gasteiger charge is -2.33. The van der Waals surface area contributed by atoms with E-state index in [0.717, 1.165) is 9.87 Å². The Morgan fingerprint density at radius 2 is 1.52 bits per heavy atom. The number of rotatable bonds is 13. The van der Waals surface area contributed by atoms with E-state index < -0.39 is 40.2 Å². The first-order valence-corrected chi connectivity index (χ1v) is 16.2. The van der Waals surface area contributed by atoms with Gasteiger partial charge < -0.3 is 15.0 Å². The smallest absolute Gasteiger partial charge is 0.264 e. The molecule has 4 aromatic carbocycles. The Bertz CT molecular complexity index is 1650. The van der Waals surface area contributed by atoms with Crippen LogP contribution in [0.5, 0.6) is 5.75 Å². The number of carbonyl (C=O) groups is 2. The van der Waals surface area contributed by atoms with E-state index in [-0.39, 0.29) is 23.5 Å². The summed E-state index contributed by atoms with van der Waals surface area (Å²) in [5.74, 6) is -0.939. The molecule has 8 nitrogen and oxygen atoms in total. The largest absolute Gasteiger partial charge is 0.494 e. The number of hydrogen-bond donors (Lipinski definition) is 1. The third kappa shape index (κ3) is 8.23. The molecule has 230 valence electrons. The maximum atomic E-state index is 14.3. The Hall–Kier alpha value is -4.22. The highest BCUT2D eigenvalue weighted by atomic mass is 79.9. The molecular weight excluding hydrogens is 649 g/mol. The molecule has 0 fully saturated rings. The molecule has 0 unspecified atom stereocenters. The average Bonchev–Trinajstić information content (AvgIpc) is 3.03. The number of halogens is 2. The summed E-state index contributed by atoms with van der Waals surface area (Å²) >= 11 is 3.33. The van der Waals surface area contributed by atoms with Crippen LogP contribution in [0.4, 0.5) is 10.1 Å². The topological polar surface area (TPSA) is 96.0 Å². The average molecular weight is 683 g/mol. The van der Waals surface area contributed by atoms with Gasteiger partial charge in [-0.05, 0) is 78.7 Å². The van der Waals surface area contributed by atoms with Crippen molar-refractivity contribution in [3.63, 3.8) is 0 Å². The molecule has 0 aromatic heterocycles. The molecule has 0 heterocycles. The monoisotopic (exact) mass is 681 g/mol. The van der Waals surface area contributed by atoms with E-state index in [9.17, 15) is 22.4 Å². The Balaban J connectivity index is 1.78. The second kappa shape index (κ2) is 15.0. The first-order chi connectivity index (χ1) is 21.1. The van der Waals surface area contributed by atoms with Gasteiger partial charge in [0.1, 0.15) is 24.2 Å². The van der Waals surface area contributed by atoms with E-state index in [4.69, 9.17) is 4.74 Å². The highest BCUT2D eigenvalue weighted by molar-refractivity contribution is 9.10. The Kier molecular flexibility index (Phi) is 11.1. The molecular formula is C33H33BrFN3O5S. The summed E-state index contributed by atoms with van der Waals surface area (Å²) < 4.78 is 49.1. The molecule has 0 bridgehead atoms. The van der Waals surface area contributed by atoms with Gasteiger partial charge in [0.2, 0.25) is 11.8 Å². The highest BCUT2D eigenvalue weighted by Crippen LogP contribution is 2.28. The van der Waals surface area contributed by atoms with Crippen LogP contribution in [0.2, 0.25) is 0 Å². The van der Waals surface area contributed by atoms with Gasteiger partial charge in [0.15, 0.2) is 0 Å². The van der Waals surface area contributed by atoms with Crippen molar-refractivity contribution in [3.8, 4) is 5.75 Å². The normalized spacial score (nSPS) is 11.8. The van der Waals surface area contributed by atoms with Crippen LogP contribution < -0.4 is 14.4 Å². The van der Waals surface area contributed by atoms with Crippen LogP contribution in [0.1, 0.15) is 18.1 Å². The predicted molar refractivity (Wildman–Crippen MR) is 171 cm³/mol. The molecule has 0 aliphatic heterocycles. The number of amides is 2. The summed E-state index contributed by atoms with van der Waals surface area (Å²) in [7, 11) is -2.76. The second-order valence-electron chi connectivity index (χ2n) is 9.86. The number of hydrogen-bond acceptors (Lipinski definition) is 5. The first-order valence-electron chi connectivity index (χ1n) is 13.9. The minimum atomic E-state index is -4.24. The first kappa shape index (κ1) is 32.7. The second-order valence-corrected chi connectivity index (χ2v) is 12.6. The van der Waals surface area contributed by atoms with Crippen LogP contribution in [0.3, 0.4) is 0 Å². The van der Waals surface area contributed by atoms with Crippen LogP contribution in [0.25, 0.3) is 0 Å². The summed E-state index contributed by atoms with van der Waals surface area (Å²) in [6, 6.07) is 26.3. The van der Waals surface area contributed by atoms with E-state index >= 15 is 0 Å². The fourth-order valence-electron chi connectivity index (χ4n) is 4.64. The molecule has 44 heavy (non-hydrogen) atoms. The van der Waals surface area contributed by atoms with Crippen molar-refractivity contribution < 1.29 is 27.1 Å². The number of benzene rings is 4. The van der Waals surface area contributed by atoms with Crippen molar-refractivity contribution in [2.75, 3.05) is 24.5 Å². The van der Waals surface area contributed by atoms with Gasteiger partial charge in [-0.25, -0.2) is 12.8 Å². The number of nitrogens with zero attached hydrogens (tertiary/aromatic N) is 2. The minimum Gasteiger partial charge on any atom is -0.494 e. The predicted octanol–water partition coefficient (Wildman–Crippen LogP) is 5.57. The summed E-state index contributed by atoms with van der Waals surface area (Å²) in [6.07, 6.45) is 0.177. The zero-order chi connectivity index (χ0) is 31.7. The molecule has 1 N–H and O–H groups in total. The number of nitrogens with one attached hydrogen (secondary N) is 1. The molecule has 4 aromatic rings. The quantitative estimate of drug-likeness (QED) is 0.199. The lowest BCUT2D eigenvalue weighted by molar-refractivity contribution is -0.139. The van der Waals surface area contributed by atoms with Crippen molar-refractivity contribution in [2.45, 2.75) is 30.8 Å². The SMILES string of the molecule is CCOc1ccc(N(CC(=O)N(Cc2ccc(F)cc2)[C@@H](Cc2ccccc2)C(=O)NC)S(=O)(=O)c2ccc(Br)cc2)cc1.